The first kappa shape index (κ1) is 18.7. The number of carbonyl (C=O) groups excluding carboxylic acids is 1. The lowest BCUT2D eigenvalue weighted by Crippen LogP contribution is -2.33. The maximum Gasteiger partial charge on any atom is 0.411 e. The van der Waals surface area contributed by atoms with Crippen LogP contribution in [0.25, 0.3) is 0 Å². The Hall–Kier alpha value is -3.62. The van der Waals surface area contributed by atoms with Crippen LogP contribution in [0, 0.1) is 0 Å². The van der Waals surface area contributed by atoms with E-state index in [0.29, 0.717) is 0 Å². The minimum atomic E-state index is -1.21. The highest BCUT2D eigenvalue weighted by atomic mass is 16.5. The summed E-state index contributed by atoms with van der Waals surface area (Å²) >= 11 is 0. The Labute approximate surface area is 147 Å². The Morgan fingerprint density at radius 2 is 1.96 bits per heavy atom. The van der Waals surface area contributed by atoms with Crippen LogP contribution in [0.3, 0.4) is 0 Å². The SMILES string of the molecule is O=C(O)Cn1cc(CC=CNC(=O)OCc2ccccc2)c(=O)[nH]c1=O. The Morgan fingerprint density at radius 1 is 1.23 bits per heavy atom. The van der Waals surface area contributed by atoms with Crippen LogP contribution in [0.15, 0.2) is 58.4 Å². The fourth-order valence-electron chi connectivity index (χ4n) is 2.04. The van der Waals surface area contributed by atoms with Gasteiger partial charge in [-0.2, -0.15) is 0 Å². The molecule has 0 radical (unpaired) electrons. The van der Waals surface area contributed by atoms with E-state index >= 15 is 0 Å². The van der Waals surface area contributed by atoms with Gasteiger partial charge in [0, 0.05) is 18.0 Å². The first-order chi connectivity index (χ1) is 12.5. The van der Waals surface area contributed by atoms with Gasteiger partial charge in [-0.25, -0.2) is 9.59 Å². The monoisotopic (exact) mass is 359 g/mol. The van der Waals surface area contributed by atoms with Gasteiger partial charge in [-0.1, -0.05) is 36.4 Å². The summed E-state index contributed by atoms with van der Waals surface area (Å²) in [6, 6.07) is 9.16. The summed E-state index contributed by atoms with van der Waals surface area (Å²) in [6.07, 6.45) is 3.39. The summed E-state index contributed by atoms with van der Waals surface area (Å²) < 4.78 is 5.89. The number of ether oxygens (including phenoxy) is 1. The van der Waals surface area contributed by atoms with Gasteiger partial charge in [0.1, 0.15) is 13.2 Å². The number of hydrogen-bond donors (Lipinski definition) is 3. The van der Waals surface area contributed by atoms with Crippen LogP contribution < -0.4 is 16.6 Å². The second-order valence-corrected chi connectivity index (χ2v) is 5.25. The molecule has 0 atom stereocenters. The van der Waals surface area contributed by atoms with Crippen molar-refractivity contribution < 1.29 is 19.4 Å². The van der Waals surface area contributed by atoms with Gasteiger partial charge in [-0.3, -0.25) is 24.5 Å². The molecule has 1 amide bonds. The molecule has 1 aromatic heterocycles. The third kappa shape index (κ3) is 5.78. The van der Waals surface area contributed by atoms with Crippen LogP contribution in [0.1, 0.15) is 11.1 Å². The quantitative estimate of drug-likeness (QED) is 0.664. The Balaban J connectivity index is 1.87. The highest BCUT2D eigenvalue weighted by molar-refractivity contribution is 5.68. The predicted molar refractivity (Wildman–Crippen MR) is 91.6 cm³/mol. The maximum atomic E-state index is 11.7. The largest absolute Gasteiger partial charge is 0.480 e. The van der Waals surface area contributed by atoms with Crippen LogP contribution >= 0.6 is 0 Å². The van der Waals surface area contributed by atoms with Crippen LogP contribution in [-0.4, -0.2) is 26.7 Å². The molecular formula is C17H17N3O6. The van der Waals surface area contributed by atoms with Crippen LogP contribution in [0.5, 0.6) is 0 Å². The van der Waals surface area contributed by atoms with Gasteiger partial charge in [0.05, 0.1) is 0 Å². The highest BCUT2D eigenvalue weighted by Gasteiger charge is 2.06. The summed E-state index contributed by atoms with van der Waals surface area (Å²) in [4.78, 5) is 47.5. The molecule has 0 saturated carbocycles. The topological polar surface area (TPSA) is 130 Å². The van der Waals surface area contributed by atoms with E-state index < -0.39 is 29.9 Å². The van der Waals surface area contributed by atoms with Crippen molar-refractivity contribution in [3.8, 4) is 0 Å². The molecule has 136 valence electrons. The number of alkyl carbamates (subject to hydrolysis) is 1. The van der Waals surface area contributed by atoms with Crippen molar-refractivity contribution in [3.63, 3.8) is 0 Å². The molecular weight excluding hydrogens is 342 g/mol. The molecule has 26 heavy (non-hydrogen) atoms. The maximum absolute atomic E-state index is 11.7. The number of hydrogen-bond acceptors (Lipinski definition) is 5. The first-order valence-corrected chi connectivity index (χ1v) is 7.62. The Morgan fingerprint density at radius 3 is 2.65 bits per heavy atom. The normalized spacial score (nSPS) is 10.6. The zero-order valence-corrected chi connectivity index (χ0v) is 13.7. The van der Waals surface area contributed by atoms with Crippen molar-refractivity contribution in [2.45, 2.75) is 19.6 Å². The molecule has 0 saturated heterocycles. The molecule has 0 bridgehead atoms. The highest BCUT2D eigenvalue weighted by Crippen LogP contribution is 2.00. The van der Waals surface area contributed by atoms with Gasteiger partial charge in [0.25, 0.3) is 5.56 Å². The van der Waals surface area contributed by atoms with Crippen molar-refractivity contribution >= 4 is 12.1 Å². The first-order valence-electron chi connectivity index (χ1n) is 7.62. The number of nitrogens with zero attached hydrogens (tertiary/aromatic N) is 1. The molecule has 1 heterocycles. The number of aromatic amines is 1. The smallest absolute Gasteiger partial charge is 0.411 e. The molecule has 0 aliphatic rings. The zero-order chi connectivity index (χ0) is 18.9. The van der Waals surface area contributed by atoms with E-state index in [1.165, 1.54) is 18.5 Å². The van der Waals surface area contributed by atoms with Crippen LogP contribution in [-0.2, 0) is 29.1 Å². The number of rotatable bonds is 7. The minimum Gasteiger partial charge on any atom is -0.480 e. The zero-order valence-electron chi connectivity index (χ0n) is 13.7. The van der Waals surface area contributed by atoms with Crippen molar-refractivity contribution in [1.29, 1.82) is 0 Å². The molecule has 0 aliphatic carbocycles. The fraction of sp³-hybridized carbons (Fsp3) is 0.176. The van der Waals surface area contributed by atoms with E-state index in [-0.39, 0.29) is 18.6 Å². The van der Waals surface area contributed by atoms with E-state index in [0.717, 1.165) is 10.1 Å². The Kier molecular flexibility index (Phi) is 6.49. The van der Waals surface area contributed by atoms with Gasteiger partial charge in [-0.15, -0.1) is 0 Å². The van der Waals surface area contributed by atoms with Crippen molar-refractivity contribution in [2.75, 3.05) is 0 Å². The molecule has 9 nitrogen and oxygen atoms in total. The third-order valence-electron chi connectivity index (χ3n) is 3.26. The lowest BCUT2D eigenvalue weighted by atomic mass is 10.2. The van der Waals surface area contributed by atoms with E-state index in [1.807, 2.05) is 35.3 Å². The number of carbonyl (C=O) groups is 2. The summed E-state index contributed by atoms with van der Waals surface area (Å²) in [7, 11) is 0. The fourth-order valence-corrected chi connectivity index (χ4v) is 2.04. The molecule has 2 rings (SSSR count). The minimum absolute atomic E-state index is 0.0915. The molecule has 3 N–H and O–H groups in total. The molecule has 0 fully saturated rings. The molecule has 2 aromatic rings. The summed E-state index contributed by atoms with van der Waals surface area (Å²) in [5.74, 6) is -1.21. The predicted octanol–water partition coefficient (Wildman–Crippen LogP) is 0.604. The molecule has 0 aliphatic heterocycles. The second-order valence-electron chi connectivity index (χ2n) is 5.25. The summed E-state index contributed by atoms with van der Waals surface area (Å²) in [5.41, 5.74) is -0.388. The van der Waals surface area contributed by atoms with Crippen molar-refractivity contribution in [3.05, 3.63) is 80.8 Å². The average Bonchev–Trinajstić information content (AvgIpc) is 2.61. The molecule has 0 spiro atoms. The Bertz CT molecular complexity index is 914. The number of allylic oxidation sites excluding steroid dienone is 1. The lowest BCUT2D eigenvalue weighted by Gasteiger charge is -2.04. The van der Waals surface area contributed by atoms with Gasteiger partial charge >= 0.3 is 17.8 Å². The standard InChI is InChI=1S/C17H17N3O6/c21-14(22)10-20-9-13(15(23)19-16(20)24)7-4-8-18-17(25)26-11-12-5-2-1-3-6-12/h1-6,8-9H,7,10-11H2,(H,18,25)(H,21,22)(H,19,23,24). The van der Waals surface area contributed by atoms with Gasteiger partial charge < -0.3 is 9.84 Å². The molecule has 9 heteroatoms. The number of aliphatic carboxylic acids is 1. The number of carboxylic acids is 1. The second kappa shape index (κ2) is 9.02. The van der Waals surface area contributed by atoms with Crippen molar-refractivity contribution in [1.82, 2.24) is 14.9 Å². The van der Waals surface area contributed by atoms with E-state index in [4.69, 9.17) is 9.84 Å². The number of amides is 1. The third-order valence-corrected chi connectivity index (χ3v) is 3.26. The van der Waals surface area contributed by atoms with E-state index in [2.05, 4.69) is 5.32 Å². The molecule has 1 aromatic carbocycles. The van der Waals surface area contributed by atoms with Gasteiger partial charge in [-0.05, 0) is 12.0 Å². The van der Waals surface area contributed by atoms with Gasteiger partial charge in [0.2, 0.25) is 0 Å². The molecule has 0 unspecified atom stereocenters. The number of carboxylic acid groups (broad SMARTS) is 1. The number of nitrogens with one attached hydrogen (secondary N) is 2. The van der Waals surface area contributed by atoms with E-state index in [1.54, 1.807) is 0 Å². The number of benzene rings is 1. The van der Waals surface area contributed by atoms with Crippen molar-refractivity contribution in [2.24, 2.45) is 0 Å². The summed E-state index contributed by atoms with van der Waals surface area (Å²) in [5, 5.41) is 11.1. The van der Waals surface area contributed by atoms with Crippen LogP contribution in [0.2, 0.25) is 0 Å². The average molecular weight is 359 g/mol. The van der Waals surface area contributed by atoms with Gasteiger partial charge in [0.15, 0.2) is 0 Å². The van der Waals surface area contributed by atoms with E-state index in [9.17, 15) is 19.2 Å². The summed E-state index contributed by atoms with van der Waals surface area (Å²) in [6.45, 7) is -0.434. The lowest BCUT2D eigenvalue weighted by molar-refractivity contribution is -0.137. The van der Waals surface area contributed by atoms with Crippen LogP contribution in [0.4, 0.5) is 4.79 Å². The number of aromatic nitrogens is 2. The number of H-pyrrole nitrogens is 1.